The topological polar surface area (TPSA) is 83.7 Å². The molecule has 1 aromatic carbocycles. The van der Waals surface area contributed by atoms with Crippen LogP contribution in [-0.4, -0.2) is 26.3 Å². The SMILES string of the molecule is COc1ccc(/C=N\NC(=O)CC#N)c(OC)c1. The first-order chi connectivity index (χ1) is 8.71. The fraction of sp³-hybridized carbons (Fsp3) is 0.250. The van der Waals surface area contributed by atoms with E-state index in [0.29, 0.717) is 17.1 Å². The Hall–Kier alpha value is -2.55. The Kier molecular flexibility index (Phi) is 5.19. The van der Waals surface area contributed by atoms with Crippen molar-refractivity contribution < 1.29 is 14.3 Å². The molecule has 6 heteroatoms. The quantitative estimate of drug-likeness (QED) is 0.623. The van der Waals surface area contributed by atoms with Crippen LogP contribution >= 0.6 is 0 Å². The van der Waals surface area contributed by atoms with Crippen LogP contribution in [0.15, 0.2) is 23.3 Å². The zero-order chi connectivity index (χ0) is 13.4. The van der Waals surface area contributed by atoms with Crippen LogP contribution in [0.25, 0.3) is 0 Å². The van der Waals surface area contributed by atoms with Crippen LogP contribution in [0.3, 0.4) is 0 Å². The van der Waals surface area contributed by atoms with Crippen molar-refractivity contribution in [2.75, 3.05) is 14.2 Å². The third kappa shape index (κ3) is 3.79. The molecule has 1 rings (SSSR count). The van der Waals surface area contributed by atoms with Gasteiger partial charge in [-0.05, 0) is 12.1 Å². The largest absolute Gasteiger partial charge is 0.497 e. The van der Waals surface area contributed by atoms with Gasteiger partial charge in [0, 0.05) is 11.6 Å². The van der Waals surface area contributed by atoms with Gasteiger partial charge >= 0.3 is 0 Å². The number of nitriles is 1. The number of ether oxygens (including phenoxy) is 2. The van der Waals surface area contributed by atoms with Crippen molar-refractivity contribution >= 4 is 12.1 Å². The van der Waals surface area contributed by atoms with Crippen molar-refractivity contribution in [3.05, 3.63) is 23.8 Å². The normalized spacial score (nSPS) is 9.83. The van der Waals surface area contributed by atoms with E-state index in [9.17, 15) is 4.79 Å². The van der Waals surface area contributed by atoms with Crippen LogP contribution in [-0.2, 0) is 4.79 Å². The summed E-state index contributed by atoms with van der Waals surface area (Å²) in [6.45, 7) is 0. The molecule has 18 heavy (non-hydrogen) atoms. The van der Waals surface area contributed by atoms with E-state index in [4.69, 9.17) is 14.7 Å². The van der Waals surface area contributed by atoms with Crippen molar-refractivity contribution in [1.29, 1.82) is 5.26 Å². The van der Waals surface area contributed by atoms with Crippen LogP contribution in [0.2, 0.25) is 0 Å². The number of methoxy groups -OCH3 is 2. The van der Waals surface area contributed by atoms with Gasteiger partial charge in [0.05, 0.1) is 26.5 Å². The zero-order valence-electron chi connectivity index (χ0n) is 10.1. The number of nitrogens with zero attached hydrogens (tertiary/aromatic N) is 2. The number of amides is 1. The zero-order valence-corrected chi connectivity index (χ0v) is 10.1. The molecule has 0 unspecified atom stereocenters. The van der Waals surface area contributed by atoms with Crippen LogP contribution in [0, 0.1) is 11.3 Å². The molecule has 0 atom stereocenters. The Morgan fingerprint density at radius 2 is 2.28 bits per heavy atom. The Balaban J connectivity index is 2.75. The van der Waals surface area contributed by atoms with E-state index in [0.717, 1.165) is 0 Å². The fourth-order valence-electron chi connectivity index (χ4n) is 1.21. The second kappa shape index (κ2) is 6.91. The summed E-state index contributed by atoms with van der Waals surface area (Å²) in [5.74, 6) is 0.784. The van der Waals surface area contributed by atoms with Crippen LogP contribution in [0.1, 0.15) is 12.0 Å². The molecule has 0 spiro atoms. The van der Waals surface area contributed by atoms with Crippen molar-refractivity contribution in [2.24, 2.45) is 5.10 Å². The van der Waals surface area contributed by atoms with Gasteiger partial charge in [0.25, 0.3) is 5.91 Å². The molecule has 0 aliphatic rings. The molecule has 0 fully saturated rings. The van der Waals surface area contributed by atoms with Crippen molar-refractivity contribution in [3.63, 3.8) is 0 Å². The summed E-state index contributed by atoms with van der Waals surface area (Å²) in [6, 6.07) is 6.93. The van der Waals surface area contributed by atoms with Gasteiger partial charge in [0.2, 0.25) is 0 Å². The van der Waals surface area contributed by atoms with Gasteiger partial charge in [-0.3, -0.25) is 4.79 Å². The summed E-state index contributed by atoms with van der Waals surface area (Å²) >= 11 is 0. The van der Waals surface area contributed by atoms with Gasteiger partial charge in [-0.1, -0.05) is 0 Å². The lowest BCUT2D eigenvalue weighted by Gasteiger charge is -2.06. The average molecular weight is 247 g/mol. The van der Waals surface area contributed by atoms with E-state index in [-0.39, 0.29) is 6.42 Å². The number of nitrogens with one attached hydrogen (secondary N) is 1. The standard InChI is InChI=1S/C12H13N3O3/c1-17-10-4-3-9(11(7-10)18-2)8-14-15-12(16)5-6-13/h3-4,7-8H,5H2,1-2H3,(H,15,16)/b14-8-. The third-order valence-corrected chi connectivity index (χ3v) is 2.07. The maximum Gasteiger partial charge on any atom is 0.254 e. The Morgan fingerprint density at radius 1 is 1.50 bits per heavy atom. The smallest absolute Gasteiger partial charge is 0.254 e. The predicted molar refractivity (Wildman–Crippen MR) is 65.5 cm³/mol. The first-order valence-electron chi connectivity index (χ1n) is 5.12. The highest BCUT2D eigenvalue weighted by Gasteiger charge is 2.03. The summed E-state index contributed by atoms with van der Waals surface area (Å²) in [6.07, 6.45) is 1.21. The van der Waals surface area contributed by atoms with E-state index >= 15 is 0 Å². The lowest BCUT2D eigenvalue weighted by Crippen LogP contribution is -2.16. The van der Waals surface area contributed by atoms with Gasteiger partial charge in [0.15, 0.2) is 0 Å². The van der Waals surface area contributed by atoms with Crippen LogP contribution < -0.4 is 14.9 Å². The number of hydrogen-bond donors (Lipinski definition) is 1. The average Bonchev–Trinajstić information content (AvgIpc) is 2.39. The highest BCUT2D eigenvalue weighted by atomic mass is 16.5. The minimum Gasteiger partial charge on any atom is -0.497 e. The maximum absolute atomic E-state index is 11.0. The van der Waals surface area contributed by atoms with E-state index in [2.05, 4.69) is 10.5 Å². The van der Waals surface area contributed by atoms with Gasteiger partial charge in [0.1, 0.15) is 17.9 Å². The summed E-state index contributed by atoms with van der Waals surface area (Å²) in [5.41, 5.74) is 2.92. The predicted octanol–water partition coefficient (Wildman–Crippen LogP) is 1.07. The van der Waals surface area contributed by atoms with E-state index in [1.54, 1.807) is 31.4 Å². The summed E-state index contributed by atoms with van der Waals surface area (Å²) in [5, 5.41) is 12.0. The van der Waals surface area contributed by atoms with E-state index in [1.807, 2.05) is 0 Å². The minimum absolute atomic E-state index is 0.225. The van der Waals surface area contributed by atoms with E-state index in [1.165, 1.54) is 13.3 Å². The number of carbonyl (C=O) groups is 1. The van der Waals surface area contributed by atoms with Crippen molar-refractivity contribution in [3.8, 4) is 17.6 Å². The number of carbonyl (C=O) groups excluding carboxylic acids is 1. The monoisotopic (exact) mass is 247 g/mol. The number of hydrazone groups is 1. The lowest BCUT2D eigenvalue weighted by molar-refractivity contribution is -0.120. The molecular weight excluding hydrogens is 234 g/mol. The molecule has 0 radical (unpaired) electrons. The molecule has 1 amide bonds. The van der Waals surface area contributed by atoms with Crippen molar-refractivity contribution in [2.45, 2.75) is 6.42 Å². The highest BCUT2D eigenvalue weighted by molar-refractivity contribution is 5.85. The molecule has 6 nitrogen and oxygen atoms in total. The molecule has 0 aliphatic carbocycles. The van der Waals surface area contributed by atoms with Crippen LogP contribution in [0.5, 0.6) is 11.5 Å². The summed E-state index contributed by atoms with van der Waals surface area (Å²) < 4.78 is 10.2. The Labute approximate surface area is 105 Å². The second-order valence-corrected chi connectivity index (χ2v) is 3.24. The van der Waals surface area contributed by atoms with Gasteiger partial charge in [-0.15, -0.1) is 0 Å². The third-order valence-electron chi connectivity index (χ3n) is 2.07. The maximum atomic E-state index is 11.0. The fourth-order valence-corrected chi connectivity index (χ4v) is 1.21. The first kappa shape index (κ1) is 13.5. The molecule has 0 saturated heterocycles. The molecule has 94 valence electrons. The Morgan fingerprint density at radius 3 is 2.89 bits per heavy atom. The molecule has 0 heterocycles. The van der Waals surface area contributed by atoms with Crippen molar-refractivity contribution in [1.82, 2.24) is 5.43 Å². The lowest BCUT2D eigenvalue weighted by atomic mass is 10.2. The molecule has 1 N–H and O–H groups in total. The number of benzene rings is 1. The van der Waals surface area contributed by atoms with Gasteiger partial charge < -0.3 is 9.47 Å². The summed E-state index contributed by atoms with van der Waals surface area (Å²) in [4.78, 5) is 11.0. The highest BCUT2D eigenvalue weighted by Crippen LogP contribution is 2.22. The summed E-state index contributed by atoms with van der Waals surface area (Å²) in [7, 11) is 3.09. The number of rotatable bonds is 5. The van der Waals surface area contributed by atoms with Gasteiger partial charge in [-0.2, -0.15) is 10.4 Å². The Bertz CT molecular complexity index is 492. The molecule has 0 aromatic heterocycles. The number of hydrogen-bond acceptors (Lipinski definition) is 5. The molecule has 0 saturated carbocycles. The first-order valence-corrected chi connectivity index (χ1v) is 5.12. The van der Waals surface area contributed by atoms with Crippen LogP contribution in [0.4, 0.5) is 0 Å². The molecular formula is C12H13N3O3. The molecule has 1 aromatic rings. The minimum atomic E-state index is -0.457. The second-order valence-electron chi connectivity index (χ2n) is 3.24. The van der Waals surface area contributed by atoms with Gasteiger partial charge in [-0.25, -0.2) is 5.43 Å². The molecule has 0 aliphatic heterocycles. The van der Waals surface area contributed by atoms with E-state index < -0.39 is 5.91 Å². The molecule has 0 bridgehead atoms.